The summed E-state index contributed by atoms with van der Waals surface area (Å²) in [7, 11) is 0. The van der Waals surface area contributed by atoms with Crippen LogP contribution in [0, 0.1) is 5.92 Å². The number of thioether (sulfide) groups is 2. The fraction of sp³-hybridized carbons (Fsp3) is 0.429. The predicted molar refractivity (Wildman–Crippen MR) is 377 cm³/mol. The van der Waals surface area contributed by atoms with Gasteiger partial charge in [-0.15, -0.1) is 45.3 Å². The zero-order valence-electron chi connectivity index (χ0n) is 49.7. The van der Waals surface area contributed by atoms with E-state index < -0.39 is 0 Å². The molecule has 0 bridgehead atoms. The topological polar surface area (TPSA) is 61.4 Å². The highest BCUT2D eigenvalue weighted by molar-refractivity contribution is 8.27. The molecule has 6 heterocycles. The third kappa shape index (κ3) is 15.7. The molecule has 0 radical (unpaired) electrons. The van der Waals surface area contributed by atoms with E-state index in [4.69, 9.17) is 24.4 Å². The quantitative estimate of drug-likeness (QED) is 0.0210. The number of rotatable bonds is 29. The Labute approximate surface area is 531 Å². The van der Waals surface area contributed by atoms with Crippen LogP contribution in [0.2, 0.25) is 0 Å². The van der Waals surface area contributed by atoms with Crippen molar-refractivity contribution in [2.75, 3.05) is 4.90 Å². The maximum atomic E-state index is 12.9. The minimum absolute atomic E-state index is 0.0994. The van der Waals surface area contributed by atoms with Crippen LogP contribution in [0.4, 0.5) is 11.4 Å². The van der Waals surface area contributed by atoms with E-state index in [-0.39, 0.29) is 23.3 Å². The second-order valence-corrected chi connectivity index (χ2v) is 31.0. The van der Waals surface area contributed by atoms with Crippen molar-refractivity contribution in [2.24, 2.45) is 5.92 Å². The highest BCUT2D eigenvalue weighted by atomic mass is 32.2. The summed E-state index contributed by atoms with van der Waals surface area (Å²) >= 11 is 21.3. The number of thiocarbonyl (C=S) groups is 2. The molecule has 9 rings (SSSR count). The van der Waals surface area contributed by atoms with Gasteiger partial charge in [0, 0.05) is 61.7 Å². The predicted octanol–water partition coefficient (Wildman–Crippen LogP) is 22.1. The Morgan fingerprint density at radius 1 is 0.687 bits per heavy atom. The standard InChI is InChI=1S/C70H83N3O2S8/c1-8-12-16-21-27-47-38-54(37-46(5)78-68(76)71-45-74)79-65(47)60-42-49(29-23-18-14-10-3)63(81-60)51-33-35-58-56(40-51)70(6,7)57-41-52(34-36-59(57)73(58)53-31-25-20-26-32-53)64-50(30-24-19-15-11-4)43-61(82-64)66-48(28-22-17-13-9-2)39-55(80-66)44-62-67(75)72-69(77)83-62/h20,25-26,31-45,56,58H,8-19,21-24,27-30H2,1-7H3,(H,71,74,76)(H,72,75,77)/b46-37+,62-44+. The van der Waals surface area contributed by atoms with E-state index in [1.807, 2.05) is 45.3 Å². The zero-order chi connectivity index (χ0) is 58.5. The van der Waals surface area contributed by atoms with E-state index in [1.54, 1.807) is 0 Å². The van der Waals surface area contributed by atoms with Gasteiger partial charge in [0.05, 0.1) is 10.9 Å². The van der Waals surface area contributed by atoms with Gasteiger partial charge in [0.25, 0.3) is 5.91 Å². The maximum absolute atomic E-state index is 12.9. The molecule has 13 heteroatoms. The molecule has 3 aliphatic rings. The average Bonchev–Trinajstić information content (AvgIpc) is 4.15. The summed E-state index contributed by atoms with van der Waals surface area (Å²) in [5.41, 5.74) is 12.1. The number of nitrogens with one attached hydrogen (secondary N) is 2. The minimum atomic E-state index is -0.213. The molecule has 83 heavy (non-hydrogen) atoms. The van der Waals surface area contributed by atoms with Gasteiger partial charge in [-0.1, -0.05) is 209 Å². The number of para-hydroxylation sites is 1. The molecule has 5 nitrogen and oxygen atoms in total. The number of amides is 2. The number of thiophene rings is 4. The molecular weight excluding hydrogens is 1170 g/mol. The highest BCUT2D eigenvalue weighted by Crippen LogP contribution is 2.55. The summed E-state index contributed by atoms with van der Waals surface area (Å²) < 4.78 is 0.996. The van der Waals surface area contributed by atoms with E-state index in [9.17, 15) is 9.59 Å². The third-order valence-corrected chi connectivity index (χ3v) is 23.8. The first-order chi connectivity index (χ1) is 40.3. The molecule has 2 aliphatic heterocycles. The largest absolute Gasteiger partial charge is 0.334 e. The van der Waals surface area contributed by atoms with Crippen LogP contribution in [0.25, 0.3) is 47.7 Å². The highest BCUT2D eigenvalue weighted by Gasteiger charge is 2.46. The first-order valence-electron chi connectivity index (χ1n) is 30.6. The zero-order valence-corrected chi connectivity index (χ0v) is 56.3. The van der Waals surface area contributed by atoms with Gasteiger partial charge >= 0.3 is 0 Å². The second kappa shape index (κ2) is 30.4. The molecule has 2 unspecified atom stereocenters. The smallest absolute Gasteiger partial charge is 0.263 e. The van der Waals surface area contributed by atoms with Crippen molar-refractivity contribution in [1.82, 2.24) is 10.6 Å². The third-order valence-electron chi connectivity index (χ3n) is 16.5. The first-order valence-corrected chi connectivity index (χ1v) is 36.3. The summed E-state index contributed by atoms with van der Waals surface area (Å²) in [6.07, 6.45) is 36.3. The Hall–Kier alpha value is -4.18. The average molecular weight is 1250 g/mol. The molecule has 2 amide bonds. The lowest BCUT2D eigenvalue weighted by Crippen LogP contribution is -2.50. The van der Waals surface area contributed by atoms with E-state index in [0.29, 0.717) is 20.0 Å². The van der Waals surface area contributed by atoms with Crippen molar-refractivity contribution < 1.29 is 9.59 Å². The van der Waals surface area contributed by atoms with Crippen LogP contribution in [0.3, 0.4) is 0 Å². The van der Waals surface area contributed by atoms with Crippen molar-refractivity contribution in [3.63, 3.8) is 0 Å². The van der Waals surface area contributed by atoms with Gasteiger partial charge in [-0.05, 0) is 163 Å². The van der Waals surface area contributed by atoms with Crippen LogP contribution >= 0.6 is 93.3 Å². The summed E-state index contributed by atoms with van der Waals surface area (Å²) in [6.45, 7) is 16.3. The number of allylic oxidation sites excluding steroid dienone is 3. The number of hydrogen-bond acceptors (Lipinski definition) is 11. The molecule has 1 fully saturated rings. The second-order valence-electron chi connectivity index (χ2n) is 23.1. The molecule has 438 valence electrons. The molecule has 2 aromatic carbocycles. The number of carbonyl (C=O) groups excluding carboxylic acids is 2. The lowest BCUT2D eigenvalue weighted by molar-refractivity contribution is -0.115. The van der Waals surface area contributed by atoms with Crippen LogP contribution in [0.1, 0.15) is 194 Å². The van der Waals surface area contributed by atoms with Gasteiger partial charge in [0.2, 0.25) is 6.41 Å². The van der Waals surface area contributed by atoms with Gasteiger partial charge in [-0.25, -0.2) is 0 Å². The fourth-order valence-electron chi connectivity index (χ4n) is 12.1. The number of aryl methyl sites for hydroxylation is 4. The van der Waals surface area contributed by atoms with Crippen molar-refractivity contribution >= 4 is 143 Å². The molecule has 0 spiro atoms. The molecule has 1 saturated heterocycles. The lowest BCUT2D eigenvalue weighted by Gasteiger charge is -2.51. The van der Waals surface area contributed by atoms with E-state index in [2.05, 4.69) is 167 Å². The number of hydrogen-bond donors (Lipinski definition) is 2. The van der Waals surface area contributed by atoms with Crippen molar-refractivity contribution in [3.8, 4) is 29.9 Å². The van der Waals surface area contributed by atoms with Crippen LogP contribution in [-0.2, 0) is 40.7 Å². The summed E-state index contributed by atoms with van der Waals surface area (Å²) in [5, 5.41) is 5.47. The Bertz CT molecular complexity index is 3360. The van der Waals surface area contributed by atoms with Crippen molar-refractivity contribution in [2.45, 2.75) is 188 Å². The van der Waals surface area contributed by atoms with Gasteiger partial charge in [-0.3, -0.25) is 9.59 Å². The molecule has 2 atom stereocenters. The number of unbranched alkanes of at least 4 members (excludes halogenated alkanes) is 12. The number of carbonyl (C=O) groups is 2. The van der Waals surface area contributed by atoms with Gasteiger partial charge in [0.1, 0.15) is 8.64 Å². The van der Waals surface area contributed by atoms with Crippen LogP contribution in [-0.4, -0.2) is 27.0 Å². The van der Waals surface area contributed by atoms with E-state index in [1.165, 1.54) is 204 Å². The lowest BCUT2D eigenvalue weighted by atomic mass is 9.64. The Balaban J connectivity index is 1.13. The van der Waals surface area contributed by atoms with Gasteiger partial charge < -0.3 is 15.5 Å². The normalized spacial score (nSPS) is 17.0. The SMILES string of the molecule is CCCCCCc1cc(-c2sc(/C=C(\C)SC(=S)NC=O)cc2CCCCCC)sc1C1=CC2C(C=C1)N(c1ccccc1)c1ccc(-c3sc(-c4sc(/C=C5/SC(=S)NC5=O)cc4CCCCCC)cc3CCCCCC)cc1C2(C)C. The number of fused-ring (bicyclic) bond motifs is 2. The molecule has 6 aromatic rings. The van der Waals surface area contributed by atoms with Crippen molar-refractivity contribution in [3.05, 3.63) is 143 Å². The number of nitrogens with zero attached hydrogens (tertiary/aromatic N) is 1. The Morgan fingerprint density at radius 2 is 1.24 bits per heavy atom. The molecule has 2 N–H and O–H groups in total. The number of anilines is 2. The minimum Gasteiger partial charge on any atom is -0.334 e. The summed E-state index contributed by atoms with van der Waals surface area (Å²) in [6, 6.07) is 28.5. The van der Waals surface area contributed by atoms with Crippen molar-refractivity contribution in [1.29, 1.82) is 0 Å². The molecule has 1 aliphatic carbocycles. The van der Waals surface area contributed by atoms with Gasteiger partial charge in [-0.2, -0.15) is 0 Å². The van der Waals surface area contributed by atoms with Crippen LogP contribution in [0.5, 0.6) is 0 Å². The molecular formula is C70H83N3O2S8. The maximum Gasteiger partial charge on any atom is 0.263 e. The summed E-state index contributed by atoms with van der Waals surface area (Å²) in [5.74, 6) is 0.0882. The van der Waals surface area contributed by atoms with E-state index in [0.717, 1.165) is 41.9 Å². The Morgan fingerprint density at radius 3 is 1.81 bits per heavy atom. The van der Waals surface area contributed by atoms with Crippen LogP contribution in [0.15, 0.2) is 101 Å². The first kappa shape index (κ1) is 63.3. The van der Waals surface area contributed by atoms with Gasteiger partial charge in [0.15, 0.2) is 0 Å². The summed E-state index contributed by atoms with van der Waals surface area (Å²) in [4.78, 5) is 39.0. The van der Waals surface area contributed by atoms with Crippen LogP contribution < -0.4 is 15.5 Å². The number of benzene rings is 2. The molecule has 4 aromatic heterocycles. The fourth-order valence-corrected chi connectivity index (χ4v) is 19.4. The van der Waals surface area contributed by atoms with E-state index >= 15 is 0 Å². The molecule has 0 saturated carbocycles. The Kier molecular flexibility index (Phi) is 23.2. The monoisotopic (exact) mass is 1250 g/mol.